The summed E-state index contributed by atoms with van der Waals surface area (Å²) in [5.41, 5.74) is 1.22. The number of nitrogens with one attached hydrogen (secondary N) is 1. The average molecular weight is 253 g/mol. The van der Waals surface area contributed by atoms with Gasteiger partial charge >= 0.3 is 0 Å². The number of methoxy groups -OCH3 is 2. The summed E-state index contributed by atoms with van der Waals surface area (Å²) < 4.78 is 10.7. The lowest BCUT2D eigenvalue weighted by Gasteiger charge is -2.19. The summed E-state index contributed by atoms with van der Waals surface area (Å²) in [6, 6.07) is 6.42. The molecular weight excluding hydrogens is 234 g/mol. The summed E-state index contributed by atoms with van der Waals surface area (Å²) in [7, 11) is 3.39. The Bertz CT molecular complexity index is 362. The Labute approximate surface area is 107 Å². The fraction of sp³-hybridized carbons (Fsp3) is 0.538. The Morgan fingerprint density at radius 1 is 1.29 bits per heavy atom. The standard InChI is InChI=1S/C13H19NO2S/c1-15-10-4-5-11(13(8-10)16-2)12-9-17-7-3-6-14-12/h4-5,8,12,14H,3,6-7,9H2,1-2H3. The highest BCUT2D eigenvalue weighted by Gasteiger charge is 2.18. The van der Waals surface area contributed by atoms with E-state index in [0.29, 0.717) is 6.04 Å². The first-order valence-electron chi connectivity index (χ1n) is 5.88. The van der Waals surface area contributed by atoms with Gasteiger partial charge in [-0.3, -0.25) is 0 Å². The molecule has 1 heterocycles. The number of thioether (sulfide) groups is 1. The van der Waals surface area contributed by atoms with E-state index in [9.17, 15) is 0 Å². The second-order valence-electron chi connectivity index (χ2n) is 4.04. The van der Waals surface area contributed by atoms with Crippen LogP contribution in [-0.4, -0.2) is 32.3 Å². The van der Waals surface area contributed by atoms with Crippen LogP contribution in [0.5, 0.6) is 11.5 Å². The van der Waals surface area contributed by atoms with Gasteiger partial charge in [0.25, 0.3) is 0 Å². The van der Waals surface area contributed by atoms with E-state index in [1.807, 2.05) is 23.9 Å². The van der Waals surface area contributed by atoms with Crippen LogP contribution in [0.4, 0.5) is 0 Å². The van der Waals surface area contributed by atoms with Gasteiger partial charge in [-0.2, -0.15) is 11.8 Å². The summed E-state index contributed by atoms with van der Waals surface area (Å²) in [6.07, 6.45) is 1.24. The molecule has 4 heteroatoms. The first kappa shape index (κ1) is 12.6. The van der Waals surface area contributed by atoms with Gasteiger partial charge in [-0.1, -0.05) is 6.07 Å². The minimum absolute atomic E-state index is 0.378. The van der Waals surface area contributed by atoms with Crippen molar-refractivity contribution in [3.05, 3.63) is 23.8 Å². The molecule has 0 aromatic heterocycles. The van der Waals surface area contributed by atoms with Crippen molar-refractivity contribution in [2.24, 2.45) is 0 Å². The van der Waals surface area contributed by atoms with E-state index in [-0.39, 0.29) is 0 Å². The maximum absolute atomic E-state index is 5.45. The fourth-order valence-corrected chi connectivity index (χ4v) is 3.06. The minimum atomic E-state index is 0.378. The van der Waals surface area contributed by atoms with Crippen molar-refractivity contribution in [3.8, 4) is 11.5 Å². The normalized spacial score (nSPS) is 20.7. The smallest absolute Gasteiger partial charge is 0.127 e. The second kappa shape index (κ2) is 6.17. The largest absolute Gasteiger partial charge is 0.497 e. The summed E-state index contributed by atoms with van der Waals surface area (Å²) in [5.74, 6) is 4.08. The van der Waals surface area contributed by atoms with Gasteiger partial charge in [-0.25, -0.2) is 0 Å². The third-order valence-corrected chi connectivity index (χ3v) is 4.10. The highest BCUT2D eigenvalue weighted by Crippen LogP contribution is 2.32. The first-order chi connectivity index (χ1) is 8.35. The second-order valence-corrected chi connectivity index (χ2v) is 5.19. The third-order valence-electron chi connectivity index (χ3n) is 2.96. The van der Waals surface area contributed by atoms with Gasteiger partial charge in [0.2, 0.25) is 0 Å². The van der Waals surface area contributed by atoms with Crippen LogP contribution in [0.2, 0.25) is 0 Å². The summed E-state index contributed by atoms with van der Waals surface area (Å²) in [4.78, 5) is 0. The van der Waals surface area contributed by atoms with Crippen LogP contribution in [0.3, 0.4) is 0 Å². The molecule has 17 heavy (non-hydrogen) atoms. The molecule has 2 rings (SSSR count). The van der Waals surface area contributed by atoms with Crippen LogP contribution in [-0.2, 0) is 0 Å². The highest BCUT2D eigenvalue weighted by atomic mass is 32.2. The van der Waals surface area contributed by atoms with E-state index < -0.39 is 0 Å². The van der Waals surface area contributed by atoms with Gasteiger partial charge in [-0.05, 0) is 24.8 Å². The number of hydrogen-bond donors (Lipinski definition) is 1. The summed E-state index contributed by atoms with van der Waals surface area (Å²) >= 11 is 2.00. The predicted molar refractivity (Wildman–Crippen MR) is 72.2 cm³/mol. The van der Waals surface area contributed by atoms with Crippen LogP contribution in [0.1, 0.15) is 18.0 Å². The molecule has 1 aliphatic rings. The molecule has 94 valence electrons. The monoisotopic (exact) mass is 253 g/mol. The van der Waals surface area contributed by atoms with Gasteiger partial charge in [-0.15, -0.1) is 0 Å². The molecule has 1 aromatic carbocycles. The maximum atomic E-state index is 5.45. The number of rotatable bonds is 3. The van der Waals surface area contributed by atoms with E-state index >= 15 is 0 Å². The summed E-state index contributed by atoms with van der Waals surface area (Å²) in [6.45, 7) is 1.08. The molecule has 1 fully saturated rings. The molecule has 0 saturated carbocycles. The van der Waals surface area contributed by atoms with Crippen molar-refractivity contribution in [1.82, 2.24) is 5.32 Å². The topological polar surface area (TPSA) is 30.5 Å². The number of hydrogen-bond acceptors (Lipinski definition) is 4. The fourth-order valence-electron chi connectivity index (χ4n) is 2.02. The quantitative estimate of drug-likeness (QED) is 0.896. The van der Waals surface area contributed by atoms with Crippen LogP contribution in [0.15, 0.2) is 18.2 Å². The molecule has 0 radical (unpaired) electrons. The van der Waals surface area contributed by atoms with Crippen molar-refractivity contribution in [2.45, 2.75) is 12.5 Å². The zero-order valence-electron chi connectivity index (χ0n) is 10.4. The molecule has 0 bridgehead atoms. The van der Waals surface area contributed by atoms with E-state index in [2.05, 4.69) is 11.4 Å². The molecule has 1 aromatic rings. The molecule has 3 nitrogen and oxygen atoms in total. The molecule has 1 unspecified atom stereocenters. The van der Waals surface area contributed by atoms with E-state index in [1.54, 1.807) is 14.2 Å². The van der Waals surface area contributed by atoms with Gasteiger partial charge < -0.3 is 14.8 Å². The van der Waals surface area contributed by atoms with Crippen molar-refractivity contribution in [3.63, 3.8) is 0 Å². The molecule has 1 atom stereocenters. The van der Waals surface area contributed by atoms with Crippen LogP contribution in [0.25, 0.3) is 0 Å². The first-order valence-corrected chi connectivity index (χ1v) is 7.03. The Balaban J connectivity index is 2.23. The van der Waals surface area contributed by atoms with Crippen LogP contribution in [0, 0.1) is 0 Å². The van der Waals surface area contributed by atoms with Crippen molar-refractivity contribution in [2.75, 3.05) is 32.3 Å². The lowest BCUT2D eigenvalue weighted by molar-refractivity contribution is 0.386. The van der Waals surface area contributed by atoms with E-state index in [0.717, 1.165) is 23.8 Å². The van der Waals surface area contributed by atoms with Gasteiger partial charge in [0, 0.05) is 23.4 Å². The average Bonchev–Trinajstić information content (AvgIpc) is 2.66. The predicted octanol–water partition coefficient (Wildman–Crippen LogP) is 2.47. The Morgan fingerprint density at radius 3 is 2.94 bits per heavy atom. The van der Waals surface area contributed by atoms with E-state index in [4.69, 9.17) is 9.47 Å². The Kier molecular flexibility index (Phi) is 4.57. The third kappa shape index (κ3) is 3.07. The van der Waals surface area contributed by atoms with Gasteiger partial charge in [0.15, 0.2) is 0 Å². The molecule has 0 spiro atoms. The Morgan fingerprint density at radius 2 is 2.18 bits per heavy atom. The lowest BCUT2D eigenvalue weighted by Crippen LogP contribution is -2.22. The maximum Gasteiger partial charge on any atom is 0.127 e. The molecule has 1 saturated heterocycles. The Hall–Kier alpha value is -0.870. The van der Waals surface area contributed by atoms with Gasteiger partial charge in [0.05, 0.1) is 14.2 Å². The van der Waals surface area contributed by atoms with Crippen molar-refractivity contribution >= 4 is 11.8 Å². The zero-order valence-corrected chi connectivity index (χ0v) is 11.2. The van der Waals surface area contributed by atoms with Gasteiger partial charge in [0.1, 0.15) is 11.5 Å². The zero-order chi connectivity index (χ0) is 12.1. The minimum Gasteiger partial charge on any atom is -0.497 e. The van der Waals surface area contributed by atoms with Crippen LogP contribution < -0.4 is 14.8 Å². The summed E-state index contributed by atoms with van der Waals surface area (Å²) in [5, 5.41) is 3.57. The number of benzene rings is 1. The van der Waals surface area contributed by atoms with Crippen molar-refractivity contribution in [1.29, 1.82) is 0 Å². The van der Waals surface area contributed by atoms with Crippen LogP contribution >= 0.6 is 11.8 Å². The molecular formula is C13H19NO2S. The number of ether oxygens (including phenoxy) is 2. The van der Waals surface area contributed by atoms with E-state index in [1.165, 1.54) is 17.7 Å². The lowest BCUT2D eigenvalue weighted by atomic mass is 10.1. The highest BCUT2D eigenvalue weighted by molar-refractivity contribution is 7.99. The van der Waals surface area contributed by atoms with Crippen molar-refractivity contribution < 1.29 is 9.47 Å². The molecule has 1 N–H and O–H groups in total. The molecule has 1 aliphatic heterocycles. The SMILES string of the molecule is COc1ccc(C2CSCCCN2)c(OC)c1. The molecule has 0 aliphatic carbocycles. The molecule has 0 amide bonds.